The Bertz CT molecular complexity index is 1100. The van der Waals surface area contributed by atoms with Crippen molar-refractivity contribution in [2.24, 2.45) is 0 Å². The highest BCUT2D eigenvalue weighted by molar-refractivity contribution is 9.10. The summed E-state index contributed by atoms with van der Waals surface area (Å²) in [7, 11) is 0. The smallest absolute Gasteiger partial charge is 0.266 e. The van der Waals surface area contributed by atoms with Gasteiger partial charge in [-0.3, -0.25) is 4.79 Å². The Morgan fingerprint density at radius 2 is 1.77 bits per heavy atom. The largest absolute Gasteiger partial charge is 0.490 e. The molecule has 156 valence electrons. The molecule has 1 amide bonds. The summed E-state index contributed by atoms with van der Waals surface area (Å²) in [5, 5.41) is 12.2. The lowest BCUT2D eigenvalue weighted by atomic mass is 10.1. The van der Waals surface area contributed by atoms with Crippen molar-refractivity contribution in [1.29, 1.82) is 5.26 Å². The Hall–Kier alpha value is -3.56. The zero-order valence-electron chi connectivity index (χ0n) is 17.0. The number of hydrogen-bond donors (Lipinski definition) is 1. The van der Waals surface area contributed by atoms with Crippen molar-refractivity contribution < 1.29 is 14.3 Å². The van der Waals surface area contributed by atoms with E-state index >= 15 is 0 Å². The summed E-state index contributed by atoms with van der Waals surface area (Å²) in [5.41, 5.74) is 2.31. The average Bonchev–Trinajstić information content (AvgIpc) is 2.79. The second-order valence-corrected chi connectivity index (χ2v) is 7.46. The first-order chi connectivity index (χ1) is 15.1. The lowest BCUT2D eigenvalue weighted by Crippen LogP contribution is -2.13. The Morgan fingerprint density at radius 3 is 2.45 bits per heavy atom. The van der Waals surface area contributed by atoms with Gasteiger partial charge in [0.25, 0.3) is 5.91 Å². The lowest BCUT2D eigenvalue weighted by molar-refractivity contribution is -0.112. The Morgan fingerprint density at radius 1 is 1.03 bits per heavy atom. The number of nitrogens with zero attached hydrogens (tertiary/aromatic N) is 1. The molecule has 3 aromatic rings. The van der Waals surface area contributed by atoms with E-state index in [9.17, 15) is 10.1 Å². The summed E-state index contributed by atoms with van der Waals surface area (Å²) in [6, 6.07) is 24.2. The van der Waals surface area contributed by atoms with Crippen LogP contribution in [0, 0.1) is 11.3 Å². The number of anilines is 1. The van der Waals surface area contributed by atoms with E-state index in [0.29, 0.717) is 36.0 Å². The molecule has 0 fully saturated rings. The third-order valence-corrected chi connectivity index (χ3v) is 4.81. The summed E-state index contributed by atoms with van der Waals surface area (Å²) in [4.78, 5) is 12.4. The number of rotatable bonds is 8. The van der Waals surface area contributed by atoms with Crippen LogP contribution in [0.15, 0.2) is 82.8 Å². The summed E-state index contributed by atoms with van der Waals surface area (Å²) in [5.74, 6) is 0.672. The van der Waals surface area contributed by atoms with Crippen molar-refractivity contribution in [2.45, 2.75) is 13.5 Å². The summed E-state index contributed by atoms with van der Waals surface area (Å²) >= 11 is 3.42. The molecule has 0 spiro atoms. The summed E-state index contributed by atoms with van der Waals surface area (Å²) < 4.78 is 12.6. The van der Waals surface area contributed by atoms with Gasteiger partial charge in [-0.05, 0) is 60.5 Å². The number of benzene rings is 3. The SMILES string of the molecule is CCOc1cc(/C=C(/C#N)C(=O)Nc2ccccc2)ccc1OCc1ccc(Br)cc1. The fourth-order valence-electron chi connectivity index (χ4n) is 2.78. The predicted molar refractivity (Wildman–Crippen MR) is 125 cm³/mol. The van der Waals surface area contributed by atoms with Crippen molar-refractivity contribution in [1.82, 2.24) is 0 Å². The Labute approximate surface area is 190 Å². The molecule has 5 nitrogen and oxygen atoms in total. The maximum Gasteiger partial charge on any atom is 0.266 e. The highest BCUT2D eigenvalue weighted by atomic mass is 79.9. The number of carbonyl (C=O) groups is 1. The van der Waals surface area contributed by atoms with Crippen LogP contribution in [0.25, 0.3) is 6.08 Å². The van der Waals surface area contributed by atoms with E-state index < -0.39 is 5.91 Å². The van der Waals surface area contributed by atoms with Crippen molar-refractivity contribution in [3.05, 3.63) is 94.0 Å². The summed E-state index contributed by atoms with van der Waals surface area (Å²) in [6.45, 7) is 2.74. The van der Waals surface area contributed by atoms with Gasteiger partial charge in [-0.25, -0.2) is 0 Å². The van der Waals surface area contributed by atoms with Gasteiger partial charge in [0.05, 0.1) is 6.61 Å². The molecule has 0 unspecified atom stereocenters. The van der Waals surface area contributed by atoms with E-state index in [1.165, 1.54) is 6.08 Å². The number of amides is 1. The molecule has 0 atom stereocenters. The zero-order chi connectivity index (χ0) is 22.1. The maximum atomic E-state index is 12.4. The third kappa shape index (κ3) is 6.46. The first-order valence-electron chi connectivity index (χ1n) is 9.71. The average molecular weight is 477 g/mol. The van der Waals surface area contributed by atoms with Gasteiger partial charge in [-0.2, -0.15) is 5.26 Å². The van der Waals surface area contributed by atoms with Crippen LogP contribution in [0.1, 0.15) is 18.1 Å². The van der Waals surface area contributed by atoms with Gasteiger partial charge in [0.15, 0.2) is 11.5 Å². The monoisotopic (exact) mass is 476 g/mol. The molecule has 0 aliphatic heterocycles. The lowest BCUT2D eigenvalue weighted by Gasteiger charge is -2.13. The highest BCUT2D eigenvalue weighted by Gasteiger charge is 2.11. The second-order valence-electron chi connectivity index (χ2n) is 6.54. The molecule has 31 heavy (non-hydrogen) atoms. The molecular formula is C25H21BrN2O3. The van der Waals surface area contributed by atoms with Gasteiger partial charge in [-0.1, -0.05) is 52.3 Å². The number of nitriles is 1. The fraction of sp³-hybridized carbons (Fsp3) is 0.120. The molecule has 0 radical (unpaired) electrons. The molecule has 0 bridgehead atoms. The van der Waals surface area contributed by atoms with Gasteiger partial charge in [0.2, 0.25) is 0 Å². The van der Waals surface area contributed by atoms with Crippen LogP contribution in [0.5, 0.6) is 11.5 Å². The van der Waals surface area contributed by atoms with E-state index in [1.54, 1.807) is 30.3 Å². The van der Waals surface area contributed by atoms with E-state index in [0.717, 1.165) is 10.0 Å². The number of ether oxygens (including phenoxy) is 2. The quantitative estimate of drug-likeness (QED) is 0.321. The maximum absolute atomic E-state index is 12.4. The minimum absolute atomic E-state index is 0.00478. The Balaban J connectivity index is 1.77. The molecule has 0 aromatic heterocycles. The molecular weight excluding hydrogens is 456 g/mol. The second kappa shape index (κ2) is 11.0. The topological polar surface area (TPSA) is 71.3 Å². The van der Waals surface area contributed by atoms with E-state index in [2.05, 4.69) is 21.2 Å². The van der Waals surface area contributed by atoms with Crippen molar-refractivity contribution in [3.63, 3.8) is 0 Å². The van der Waals surface area contributed by atoms with Gasteiger partial charge in [-0.15, -0.1) is 0 Å². The van der Waals surface area contributed by atoms with E-state index in [-0.39, 0.29) is 5.57 Å². The van der Waals surface area contributed by atoms with Gasteiger partial charge < -0.3 is 14.8 Å². The van der Waals surface area contributed by atoms with Crippen LogP contribution < -0.4 is 14.8 Å². The van der Waals surface area contributed by atoms with Crippen molar-refractivity contribution in [3.8, 4) is 17.6 Å². The number of para-hydroxylation sites is 1. The van der Waals surface area contributed by atoms with Gasteiger partial charge in [0.1, 0.15) is 18.2 Å². The molecule has 3 rings (SSSR count). The zero-order valence-corrected chi connectivity index (χ0v) is 18.6. The van der Waals surface area contributed by atoms with Crippen molar-refractivity contribution >= 4 is 33.6 Å². The fourth-order valence-corrected chi connectivity index (χ4v) is 3.04. The van der Waals surface area contributed by atoms with Gasteiger partial charge in [0, 0.05) is 10.2 Å². The molecule has 1 N–H and O–H groups in total. The number of nitrogens with one attached hydrogen (secondary N) is 1. The van der Waals surface area contributed by atoms with Gasteiger partial charge >= 0.3 is 0 Å². The van der Waals surface area contributed by atoms with Crippen LogP contribution in [0.4, 0.5) is 5.69 Å². The van der Waals surface area contributed by atoms with E-state index in [4.69, 9.17) is 9.47 Å². The molecule has 6 heteroatoms. The van der Waals surface area contributed by atoms with Crippen LogP contribution in [-0.4, -0.2) is 12.5 Å². The normalized spacial score (nSPS) is 10.8. The minimum Gasteiger partial charge on any atom is -0.490 e. The molecule has 3 aromatic carbocycles. The first-order valence-corrected chi connectivity index (χ1v) is 10.5. The van der Waals surface area contributed by atoms with Crippen molar-refractivity contribution in [2.75, 3.05) is 11.9 Å². The van der Waals surface area contributed by atoms with Crippen LogP contribution in [-0.2, 0) is 11.4 Å². The predicted octanol–water partition coefficient (Wildman–Crippen LogP) is 5.97. The molecule has 0 aliphatic carbocycles. The third-order valence-electron chi connectivity index (χ3n) is 4.28. The molecule has 0 heterocycles. The number of halogens is 1. The van der Waals surface area contributed by atoms with E-state index in [1.807, 2.05) is 55.5 Å². The molecule has 0 aliphatic rings. The molecule has 0 saturated heterocycles. The van der Waals surface area contributed by atoms with Crippen LogP contribution in [0.2, 0.25) is 0 Å². The minimum atomic E-state index is -0.470. The Kier molecular flexibility index (Phi) is 7.85. The molecule has 0 saturated carbocycles. The number of hydrogen-bond acceptors (Lipinski definition) is 4. The first kappa shape index (κ1) is 22.1. The standard InChI is InChI=1S/C25H21BrN2O3/c1-2-30-24-15-19(10-13-23(24)31-17-18-8-11-21(26)12-9-18)14-20(16-27)25(29)28-22-6-4-3-5-7-22/h3-15H,2,17H2,1H3,(H,28,29)/b20-14-. The highest BCUT2D eigenvalue weighted by Crippen LogP contribution is 2.30. The summed E-state index contributed by atoms with van der Waals surface area (Å²) in [6.07, 6.45) is 1.53. The number of carbonyl (C=O) groups excluding carboxylic acids is 1. The van der Waals surface area contributed by atoms with Crippen LogP contribution in [0.3, 0.4) is 0 Å². The van der Waals surface area contributed by atoms with Crippen LogP contribution >= 0.6 is 15.9 Å².